The van der Waals surface area contributed by atoms with Crippen LogP contribution in [0.2, 0.25) is 5.02 Å². The molecule has 0 fully saturated rings. The minimum atomic E-state index is -4.18. The van der Waals surface area contributed by atoms with Crippen LogP contribution in [0.15, 0.2) is 82.8 Å². The molecule has 0 saturated carbocycles. The van der Waals surface area contributed by atoms with Gasteiger partial charge in [-0.3, -0.25) is 4.79 Å². The van der Waals surface area contributed by atoms with Crippen LogP contribution in [0.1, 0.15) is 11.1 Å². The molecule has 0 bridgehead atoms. The van der Waals surface area contributed by atoms with Crippen molar-refractivity contribution in [2.75, 3.05) is 6.54 Å². The number of halogens is 3. The lowest BCUT2D eigenvalue weighted by Gasteiger charge is -2.21. The number of sulfonamides is 1. The van der Waals surface area contributed by atoms with Gasteiger partial charge in [0.1, 0.15) is 11.6 Å². The van der Waals surface area contributed by atoms with Crippen LogP contribution in [0.3, 0.4) is 0 Å². The van der Waals surface area contributed by atoms with Crippen LogP contribution >= 0.6 is 11.6 Å². The van der Waals surface area contributed by atoms with E-state index >= 15 is 0 Å². The van der Waals surface area contributed by atoms with E-state index in [2.05, 4.69) is 10.5 Å². The van der Waals surface area contributed by atoms with Gasteiger partial charge < -0.3 is 0 Å². The third kappa shape index (κ3) is 5.97. The van der Waals surface area contributed by atoms with E-state index in [1.165, 1.54) is 60.7 Å². The highest BCUT2D eigenvalue weighted by molar-refractivity contribution is 7.89. The molecule has 0 saturated heterocycles. The number of nitrogens with zero attached hydrogens (tertiary/aromatic N) is 2. The number of benzene rings is 3. The van der Waals surface area contributed by atoms with Crippen LogP contribution in [0.4, 0.5) is 8.78 Å². The minimum absolute atomic E-state index is 0.0905. The molecule has 3 rings (SSSR count). The molecule has 1 N–H and O–H groups in total. The van der Waals surface area contributed by atoms with E-state index in [1.807, 2.05) is 0 Å². The first-order chi connectivity index (χ1) is 15.3. The average Bonchev–Trinajstić information content (AvgIpc) is 2.76. The Kier molecular flexibility index (Phi) is 7.68. The first-order valence-corrected chi connectivity index (χ1v) is 11.1. The van der Waals surface area contributed by atoms with Crippen molar-refractivity contribution in [3.8, 4) is 0 Å². The standard InChI is InChI=1S/C22H18ClF2N3O3S/c23-18-9-11-19(12-10-18)32(30,31)28(14-17-6-2-4-8-21(17)25)15-22(29)27-26-13-16-5-1-3-7-20(16)24/h1-13H,14-15H2,(H,27,29)/b26-13-. The Morgan fingerprint density at radius 1 is 0.969 bits per heavy atom. The summed E-state index contributed by atoms with van der Waals surface area (Å²) in [5.41, 5.74) is 2.40. The fraction of sp³-hybridized carbons (Fsp3) is 0.0909. The number of carbonyl (C=O) groups excluding carboxylic acids is 1. The van der Waals surface area contributed by atoms with Crippen molar-refractivity contribution in [3.05, 3.63) is 101 Å². The van der Waals surface area contributed by atoms with Crippen molar-refractivity contribution < 1.29 is 22.0 Å². The third-order valence-electron chi connectivity index (χ3n) is 4.37. The normalized spacial score (nSPS) is 11.8. The van der Waals surface area contributed by atoms with Gasteiger partial charge in [-0.1, -0.05) is 48.0 Å². The average molecular weight is 478 g/mol. The molecule has 0 spiro atoms. The maximum atomic E-state index is 14.2. The minimum Gasteiger partial charge on any atom is -0.272 e. The van der Waals surface area contributed by atoms with E-state index in [4.69, 9.17) is 11.6 Å². The quantitative estimate of drug-likeness (QED) is 0.394. The lowest BCUT2D eigenvalue weighted by Crippen LogP contribution is -2.39. The summed E-state index contributed by atoms with van der Waals surface area (Å²) in [5.74, 6) is -1.93. The lowest BCUT2D eigenvalue weighted by molar-refractivity contribution is -0.121. The Labute approximate surface area is 189 Å². The molecule has 1 amide bonds. The number of amides is 1. The van der Waals surface area contributed by atoms with E-state index < -0.39 is 34.1 Å². The van der Waals surface area contributed by atoms with Crippen molar-refractivity contribution in [2.45, 2.75) is 11.4 Å². The van der Waals surface area contributed by atoms with Crippen LogP contribution in [-0.4, -0.2) is 31.4 Å². The highest BCUT2D eigenvalue weighted by Crippen LogP contribution is 2.21. The summed E-state index contributed by atoms with van der Waals surface area (Å²) in [7, 11) is -4.18. The molecule has 0 atom stereocenters. The summed E-state index contributed by atoms with van der Waals surface area (Å²) >= 11 is 5.83. The van der Waals surface area contributed by atoms with E-state index in [0.717, 1.165) is 10.5 Å². The van der Waals surface area contributed by atoms with Gasteiger partial charge in [0.05, 0.1) is 17.7 Å². The number of hydrogen-bond acceptors (Lipinski definition) is 4. The fourth-order valence-electron chi connectivity index (χ4n) is 2.75. The number of carbonyl (C=O) groups is 1. The molecule has 0 aliphatic heterocycles. The summed E-state index contributed by atoms with van der Waals surface area (Å²) in [6.07, 6.45) is 1.10. The Bertz CT molecular complexity index is 1240. The Balaban J connectivity index is 1.82. The number of nitrogens with one attached hydrogen (secondary N) is 1. The lowest BCUT2D eigenvalue weighted by atomic mass is 10.2. The SMILES string of the molecule is O=C(CN(Cc1ccccc1F)S(=O)(=O)c1ccc(Cl)cc1)N/N=C\c1ccccc1F. The van der Waals surface area contributed by atoms with Gasteiger partial charge in [-0.2, -0.15) is 9.41 Å². The molecule has 0 heterocycles. The van der Waals surface area contributed by atoms with Crippen molar-refractivity contribution in [1.82, 2.24) is 9.73 Å². The van der Waals surface area contributed by atoms with Gasteiger partial charge in [0, 0.05) is 22.7 Å². The van der Waals surface area contributed by atoms with E-state index in [1.54, 1.807) is 12.1 Å². The summed E-state index contributed by atoms with van der Waals surface area (Å²) < 4.78 is 54.9. The second kappa shape index (κ2) is 10.4. The summed E-state index contributed by atoms with van der Waals surface area (Å²) in [5, 5.41) is 4.01. The monoisotopic (exact) mass is 477 g/mol. The van der Waals surface area contributed by atoms with Crippen LogP contribution in [0.25, 0.3) is 0 Å². The molecule has 3 aromatic carbocycles. The zero-order valence-corrected chi connectivity index (χ0v) is 18.2. The molecule has 0 aromatic heterocycles. The van der Waals surface area contributed by atoms with Gasteiger partial charge in [-0.05, 0) is 36.4 Å². The van der Waals surface area contributed by atoms with Gasteiger partial charge in [0.25, 0.3) is 5.91 Å². The molecule has 166 valence electrons. The third-order valence-corrected chi connectivity index (χ3v) is 6.43. The molecule has 3 aromatic rings. The second-order valence-electron chi connectivity index (χ2n) is 6.63. The topological polar surface area (TPSA) is 78.8 Å². The van der Waals surface area contributed by atoms with Crippen LogP contribution in [0.5, 0.6) is 0 Å². The first kappa shape index (κ1) is 23.5. The molecule has 32 heavy (non-hydrogen) atoms. The smallest absolute Gasteiger partial charge is 0.255 e. The van der Waals surface area contributed by atoms with Gasteiger partial charge in [-0.15, -0.1) is 0 Å². The summed E-state index contributed by atoms with van der Waals surface area (Å²) in [6.45, 7) is -1.03. The van der Waals surface area contributed by atoms with E-state index in [-0.39, 0.29) is 22.6 Å². The highest BCUT2D eigenvalue weighted by Gasteiger charge is 2.27. The van der Waals surface area contributed by atoms with Crippen molar-refractivity contribution in [1.29, 1.82) is 0 Å². The van der Waals surface area contributed by atoms with Crippen molar-refractivity contribution in [3.63, 3.8) is 0 Å². The Morgan fingerprint density at radius 3 is 2.25 bits per heavy atom. The predicted octanol–water partition coefficient (Wildman–Crippen LogP) is 3.96. The summed E-state index contributed by atoms with van der Waals surface area (Å²) in [4.78, 5) is 12.3. The number of hydrazone groups is 1. The van der Waals surface area contributed by atoms with Gasteiger partial charge in [0.15, 0.2) is 0 Å². The number of rotatable bonds is 8. The highest BCUT2D eigenvalue weighted by atomic mass is 35.5. The largest absolute Gasteiger partial charge is 0.272 e. The van der Waals surface area contributed by atoms with Gasteiger partial charge in [0.2, 0.25) is 10.0 Å². The van der Waals surface area contributed by atoms with Crippen LogP contribution in [-0.2, 0) is 21.4 Å². The second-order valence-corrected chi connectivity index (χ2v) is 9.01. The maximum Gasteiger partial charge on any atom is 0.255 e. The zero-order valence-electron chi connectivity index (χ0n) is 16.6. The predicted molar refractivity (Wildman–Crippen MR) is 118 cm³/mol. The summed E-state index contributed by atoms with van der Waals surface area (Å²) in [6, 6.07) is 16.8. The van der Waals surface area contributed by atoms with E-state index in [0.29, 0.717) is 5.02 Å². The molecule has 10 heteroatoms. The zero-order chi connectivity index (χ0) is 23.1. The van der Waals surface area contributed by atoms with Gasteiger partial charge in [-0.25, -0.2) is 22.6 Å². The Morgan fingerprint density at radius 2 is 1.59 bits per heavy atom. The maximum absolute atomic E-state index is 14.2. The molecule has 0 aliphatic carbocycles. The van der Waals surface area contributed by atoms with Gasteiger partial charge >= 0.3 is 0 Å². The molecule has 0 unspecified atom stereocenters. The Hall–Kier alpha value is -3.14. The van der Waals surface area contributed by atoms with Crippen LogP contribution < -0.4 is 5.43 Å². The molecular formula is C22H18ClF2N3O3S. The van der Waals surface area contributed by atoms with E-state index in [9.17, 15) is 22.0 Å². The van der Waals surface area contributed by atoms with Crippen LogP contribution in [0, 0.1) is 11.6 Å². The molecule has 0 aliphatic rings. The molecule has 6 nitrogen and oxygen atoms in total. The molecular weight excluding hydrogens is 460 g/mol. The number of hydrogen-bond donors (Lipinski definition) is 1. The fourth-order valence-corrected chi connectivity index (χ4v) is 4.25. The first-order valence-electron chi connectivity index (χ1n) is 9.33. The van der Waals surface area contributed by atoms with Crippen molar-refractivity contribution >= 4 is 33.7 Å². The molecule has 0 radical (unpaired) electrons. The van der Waals surface area contributed by atoms with Crippen molar-refractivity contribution in [2.24, 2.45) is 5.10 Å².